The molecule has 3 unspecified atom stereocenters. The Morgan fingerprint density at radius 3 is 2.29 bits per heavy atom. The fraction of sp³-hybridized carbons (Fsp3) is 0.176. The van der Waals surface area contributed by atoms with Crippen molar-refractivity contribution >= 4 is 39.3 Å². The first-order valence-corrected chi connectivity index (χ1v) is 9.29. The molecular formula is C17H11Cl2NO3S. The van der Waals surface area contributed by atoms with Crippen molar-refractivity contribution in [2.24, 2.45) is 5.41 Å². The van der Waals surface area contributed by atoms with Gasteiger partial charge in [-0.3, -0.25) is 0 Å². The smallest absolute Gasteiger partial charge is 0.183 e. The van der Waals surface area contributed by atoms with Crippen molar-refractivity contribution in [3.63, 3.8) is 0 Å². The van der Waals surface area contributed by atoms with Gasteiger partial charge in [0.05, 0.1) is 11.0 Å². The highest BCUT2D eigenvalue weighted by atomic mass is 35.5. The van der Waals surface area contributed by atoms with Gasteiger partial charge >= 0.3 is 0 Å². The molecule has 0 aromatic heterocycles. The van der Waals surface area contributed by atoms with E-state index in [-0.39, 0.29) is 4.90 Å². The third-order valence-corrected chi connectivity index (χ3v) is 7.00. The van der Waals surface area contributed by atoms with Gasteiger partial charge in [-0.2, -0.15) is 5.26 Å². The van der Waals surface area contributed by atoms with Gasteiger partial charge in [0.15, 0.2) is 9.84 Å². The number of rotatable bonds is 4. The lowest BCUT2D eigenvalue weighted by Gasteiger charge is -2.04. The van der Waals surface area contributed by atoms with Crippen LogP contribution in [-0.2, 0) is 14.6 Å². The second kappa shape index (κ2) is 5.89. The quantitative estimate of drug-likeness (QED) is 0.759. The Morgan fingerprint density at radius 2 is 1.75 bits per heavy atom. The van der Waals surface area contributed by atoms with Gasteiger partial charge in [0.2, 0.25) is 0 Å². The van der Waals surface area contributed by atoms with Gasteiger partial charge in [-0.15, -0.1) is 0 Å². The van der Waals surface area contributed by atoms with Crippen LogP contribution in [0.1, 0.15) is 11.5 Å². The standard InChI is InChI=1S/C17H11Cl2NO3S/c18-12-4-6-14(7-5-12)24(22,23)16-15(17(16,9-20)10-21)11-2-1-3-13(19)8-11/h1-8,10,15-16H. The predicted molar refractivity (Wildman–Crippen MR) is 90.7 cm³/mol. The molecule has 2 aromatic rings. The summed E-state index contributed by atoms with van der Waals surface area (Å²) < 4.78 is 25.8. The van der Waals surface area contributed by atoms with Crippen LogP contribution in [0.25, 0.3) is 0 Å². The van der Waals surface area contributed by atoms with E-state index in [1.165, 1.54) is 24.3 Å². The zero-order valence-electron chi connectivity index (χ0n) is 12.2. The lowest BCUT2D eigenvalue weighted by molar-refractivity contribution is -0.110. The number of nitrogens with zero attached hydrogens (tertiary/aromatic N) is 1. The first kappa shape index (κ1) is 17.0. The molecule has 3 atom stereocenters. The lowest BCUT2D eigenvalue weighted by atomic mass is 10.0. The number of aldehydes is 1. The molecule has 3 rings (SSSR count). The molecule has 0 heterocycles. The fourth-order valence-corrected chi connectivity index (χ4v) is 5.60. The summed E-state index contributed by atoms with van der Waals surface area (Å²) in [5.41, 5.74) is -1.05. The second-order valence-corrected chi connectivity index (χ2v) is 8.56. The summed E-state index contributed by atoms with van der Waals surface area (Å²) in [5.74, 6) is -0.751. The third-order valence-electron chi connectivity index (χ3n) is 4.25. The monoisotopic (exact) mass is 379 g/mol. The molecular weight excluding hydrogens is 369 g/mol. The Hall–Kier alpha value is -1.87. The minimum Gasteiger partial charge on any atom is -0.302 e. The summed E-state index contributed by atoms with van der Waals surface area (Å²) in [5, 5.41) is 9.15. The number of sulfone groups is 1. The van der Waals surface area contributed by atoms with Crippen LogP contribution in [-0.4, -0.2) is 20.0 Å². The van der Waals surface area contributed by atoms with Crippen LogP contribution in [0.3, 0.4) is 0 Å². The largest absolute Gasteiger partial charge is 0.302 e. The Kier molecular flexibility index (Phi) is 4.16. The third kappa shape index (κ3) is 2.51. The highest BCUT2D eigenvalue weighted by molar-refractivity contribution is 7.92. The maximum atomic E-state index is 12.9. The molecule has 4 nitrogen and oxygen atoms in total. The maximum Gasteiger partial charge on any atom is 0.183 e. The summed E-state index contributed by atoms with van der Waals surface area (Å²) in [4.78, 5) is 11.6. The molecule has 0 N–H and O–H groups in total. The number of carbonyl (C=O) groups is 1. The normalized spacial score (nSPS) is 25.7. The number of hydrogen-bond acceptors (Lipinski definition) is 4. The first-order chi connectivity index (χ1) is 11.4. The van der Waals surface area contributed by atoms with Crippen molar-refractivity contribution in [3.8, 4) is 6.07 Å². The van der Waals surface area contributed by atoms with Crippen LogP contribution < -0.4 is 0 Å². The van der Waals surface area contributed by atoms with Crippen molar-refractivity contribution in [2.75, 3.05) is 0 Å². The molecule has 0 amide bonds. The average Bonchev–Trinajstić information content (AvgIpc) is 3.26. The summed E-state index contributed by atoms with van der Waals surface area (Å²) in [6, 6.07) is 14.1. The first-order valence-electron chi connectivity index (χ1n) is 6.99. The maximum absolute atomic E-state index is 12.9. The molecule has 122 valence electrons. The van der Waals surface area contributed by atoms with Crippen LogP contribution in [0.2, 0.25) is 10.0 Å². The molecule has 1 aliphatic carbocycles. The van der Waals surface area contributed by atoms with E-state index in [1.54, 1.807) is 24.3 Å². The van der Waals surface area contributed by atoms with E-state index in [0.717, 1.165) is 0 Å². The lowest BCUT2D eigenvalue weighted by Crippen LogP contribution is -2.16. The van der Waals surface area contributed by atoms with Crippen LogP contribution in [0.5, 0.6) is 0 Å². The van der Waals surface area contributed by atoms with Crippen molar-refractivity contribution < 1.29 is 13.2 Å². The Balaban J connectivity index is 2.10. The van der Waals surface area contributed by atoms with Gasteiger partial charge in [-0.25, -0.2) is 8.42 Å². The minimum atomic E-state index is -3.88. The second-order valence-electron chi connectivity index (χ2n) is 5.61. The van der Waals surface area contributed by atoms with E-state index in [9.17, 15) is 18.5 Å². The molecule has 7 heteroatoms. The van der Waals surface area contributed by atoms with Crippen molar-refractivity contribution in [1.82, 2.24) is 0 Å². The molecule has 0 radical (unpaired) electrons. The summed E-state index contributed by atoms with van der Waals surface area (Å²) in [6.45, 7) is 0. The average molecular weight is 380 g/mol. The van der Waals surface area contributed by atoms with E-state index in [0.29, 0.717) is 21.9 Å². The number of carbonyl (C=O) groups excluding carboxylic acids is 1. The van der Waals surface area contributed by atoms with Gasteiger partial charge in [0.1, 0.15) is 17.0 Å². The molecule has 1 aliphatic rings. The summed E-state index contributed by atoms with van der Waals surface area (Å²) in [6.07, 6.45) is 0.427. The highest BCUT2D eigenvalue weighted by Gasteiger charge is 2.72. The number of nitriles is 1. The van der Waals surface area contributed by atoms with Gasteiger partial charge < -0.3 is 4.79 Å². The van der Waals surface area contributed by atoms with Crippen LogP contribution in [0.4, 0.5) is 0 Å². The van der Waals surface area contributed by atoms with Gasteiger partial charge in [0, 0.05) is 16.0 Å². The van der Waals surface area contributed by atoms with Crippen molar-refractivity contribution in [3.05, 3.63) is 64.1 Å². The Morgan fingerprint density at radius 1 is 1.08 bits per heavy atom. The number of hydrogen-bond donors (Lipinski definition) is 0. The van der Waals surface area contributed by atoms with Gasteiger partial charge in [0.25, 0.3) is 0 Å². The highest BCUT2D eigenvalue weighted by Crippen LogP contribution is 2.62. The molecule has 0 aliphatic heterocycles. The SMILES string of the molecule is N#CC1(C=O)C(c2cccc(Cl)c2)C1S(=O)(=O)c1ccc(Cl)cc1. The van der Waals surface area contributed by atoms with E-state index >= 15 is 0 Å². The molecule has 0 spiro atoms. The van der Waals surface area contributed by atoms with E-state index in [4.69, 9.17) is 23.2 Å². The molecule has 1 fully saturated rings. The number of benzene rings is 2. The zero-order valence-corrected chi connectivity index (χ0v) is 14.5. The van der Waals surface area contributed by atoms with Crippen LogP contribution in [0, 0.1) is 16.7 Å². The van der Waals surface area contributed by atoms with Gasteiger partial charge in [-0.1, -0.05) is 35.3 Å². The molecule has 0 bridgehead atoms. The van der Waals surface area contributed by atoms with E-state index in [1.807, 2.05) is 6.07 Å². The van der Waals surface area contributed by atoms with E-state index < -0.39 is 26.4 Å². The Labute approximate surface area is 149 Å². The zero-order chi connectivity index (χ0) is 17.5. The molecule has 24 heavy (non-hydrogen) atoms. The molecule has 0 saturated heterocycles. The van der Waals surface area contributed by atoms with Crippen molar-refractivity contribution in [1.29, 1.82) is 5.26 Å². The fourth-order valence-electron chi connectivity index (χ4n) is 3.03. The van der Waals surface area contributed by atoms with Gasteiger partial charge in [-0.05, 0) is 42.0 Å². The van der Waals surface area contributed by atoms with E-state index in [2.05, 4.69) is 0 Å². The van der Waals surface area contributed by atoms with Crippen molar-refractivity contribution in [2.45, 2.75) is 16.1 Å². The van der Waals surface area contributed by atoms with Crippen LogP contribution in [0.15, 0.2) is 53.4 Å². The summed E-state index contributed by atoms with van der Waals surface area (Å²) in [7, 11) is -3.88. The predicted octanol–water partition coefficient (Wildman–Crippen LogP) is 3.64. The van der Waals surface area contributed by atoms with Crippen LogP contribution >= 0.6 is 23.2 Å². The minimum absolute atomic E-state index is 0.0305. The molecule has 2 aromatic carbocycles. The topological polar surface area (TPSA) is 75.0 Å². The number of halogens is 2. The summed E-state index contributed by atoms with van der Waals surface area (Å²) >= 11 is 11.7. The Bertz CT molecular complexity index is 951. The molecule has 1 saturated carbocycles.